The molecule has 2 aromatic rings. The lowest BCUT2D eigenvalue weighted by Gasteiger charge is -2.34. The molecule has 148 valence electrons. The molecule has 0 saturated heterocycles. The molecular formula is C17H17BrN4O6. The van der Waals surface area contributed by atoms with Gasteiger partial charge in [0.15, 0.2) is 16.1 Å². The van der Waals surface area contributed by atoms with Crippen molar-refractivity contribution < 1.29 is 29.3 Å². The first-order valence-electron chi connectivity index (χ1n) is 8.38. The van der Waals surface area contributed by atoms with E-state index in [9.17, 15) is 19.8 Å². The predicted octanol–water partition coefficient (Wildman–Crippen LogP) is 3.45. The number of hydrogen-bond donors (Lipinski definition) is 2. The average molecular weight is 453 g/mol. The van der Waals surface area contributed by atoms with Gasteiger partial charge in [-0.25, -0.2) is 24.6 Å². The fraction of sp³-hybridized carbons (Fsp3) is 0.353. The van der Waals surface area contributed by atoms with Crippen molar-refractivity contribution in [3.05, 3.63) is 29.0 Å². The lowest BCUT2D eigenvalue weighted by molar-refractivity contribution is -0.141. The van der Waals surface area contributed by atoms with Gasteiger partial charge in [-0.1, -0.05) is 19.9 Å². The van der Waals surface area contributed by atoms with Crippen molar-refractivity contribution >= 4 is 49.7 Å². The first-order valence-corrected chi connectivity index (χ1v) is 9.17. The first kappa shape index (κ1) is 19.8. The molecule has 0 spiro atoms. The third-order valence-electron chi connectivity index (χ3n) is 4.34. The Morgan fingerprint density at radius 3 is 2.32 bits per heavy atom. The molecular weight excluding hydrogens is 436 g/mol. The Balaban J connectivity index is 2.39. The number of carbonyl (C=O) groups is 2. The maximum atomic E-state index is 11.3. The van der Waals surface area contributed by atoms with Gasteiger partial charge in [-0.05, 0) is 46.0 Å². The highest BCUT2D eigenvalue weighted by Gasteiger charge is 2.53. The third-order valence-corrected chi connectivity index (χ3v) is 5.03. The zero-order valence-electron chi connectivity index (χ0n) is 15.3. The fourth-order valence-electron chi connectivity index (χ4n) is 3.17. The summed E-state index contributed by atoms with van der Waals surface area (Å²) in [5.41, 5.74) is 2.94. The van der Waals surface area contributed by atoms with Crippen LogP contribution in [0.5, 0.6) is 0 Å². The summed E-state index contributed by atoms with van der Waals surface area (Å²) in [5, 5.41) is 23.8. The fourth-order valence-corrected chi connectivity index (χ4v) is 3.76. The molecule has 0 amide bonds. The van der Waals surface area contributed by atoms with Gasteiger partial charge in [0, 0.05) is 7.05 Å². The molecule has 2 N–H and O–H groups in total. The molecule has 0 aliphatic carbocycles. The molecule has 0 radical (unpaired) electrons. The van der Waals surface area contributed by atoms with Gasteiger partial charge in [0.05, 0.1) is 11.0 Å². The number of halogens is 1. The van der Waals surface area contributed by atoms with Crippen molar-refractivity contribution in [2.24, 2.45) is 5.10 Å². The van der Waals surface area contributed by atoms with Crippen molar-refractivity contribution in [3.8, 4) is 0 Å². The number of carboxylic acid groups (broad SMARTS) is 2. The minimum absolute atomic E-state index is 0.115. The monoisotopic (exact) mass is 452 g/mol. The molecule has 3 rings (SSSR count). The van der Waals surface area contributed by atoms with Gasteiger partial charge in [0.1, 0.15) is 0 Å². The van der Waals surface area contributed by atoms with Crippen molar-refractivity contribution in [2.75, 3.05) is 12.1 Å². The van der Waals surface area contributed by atoms with Gasteiger partial charge in [0.2, 0.25) is 0 Å². The number of rotatable bonds is 4. The summed E-state index contributed by atoms with van der Waals surface area (Å²) < 4.78 is 9.50. The van der Waals surface area contributed by atoms with Gasteiger partial charge in [0.25, 0.3) is 0 Å². The normalized spacial score (nSPS) is 15.0. The highest BCUT2D eigenvalue weighted by atomic mass is 79.9. The number of ether oxygens (including phenoxy) is 2. The van der Waals surface area contributed by atoms with Crippen LogP contribution in [0.25, 0.3) is 11.0 Å². The number of aryl methyl sites for hydroxylation is 2. The lowest BCUT2D eigenvalue weighted by Crippen LogP contribution is -2.47. The van der Waals surface area contributed by atoms with Crippen molar-refractivity contribution in [2.45, 2.75) is 32.5 Å². The van der Waals surface area contributed by atoms with E-state index in [1.807, 2.05) is 19.9 Å². The maximum absolute atomic E-state index is 11.3. The zero-order chi connectivity index (χ0) is 20.6. The number of hydrazone groups is 1. The highest BCUT2D eigenvalue weighted by Crippen LogP contribution is 2.41. The quantitative estimate of drug-likeness (QED) is 0.527. The van der Waals surface area contributed by atoms with Crippen LogP contribution < -0.4 is 5.01 Å². The van der Waals surface area contributed by atoms with Crippen LogP contribution in [0, 0.1) is 0 Å². The molecule has 0 fully saturated rings. The van der Waals surface area contributed by atoms with E-state index >= 15 is 0 Å². The molecule has 28 heavy (non-hydrogen) atoms. The topological polar surface area (TPSA) is 134 Å². The van der Waals surface area contributed by atoms with Gasteiger partial charge in [-0.15, -0.1) is 0 Å². The van der Waals surface area contributed by atoms with E-state index in [4.69, 9.17) is 9.47 Å². The van der Waals surface area contributed by atoms with Crippen LogP contribution in [0.3, 0.4) is 0 Å². The van der Waals surface area contributed by atoms with Crippen LogP contribution in [0.4, 0.5) is 15.4 Å². The summed E-state index contributed by atoms with van der Waals surface area (Å²) in [7, 11) is 1.56. The molecule has 1 aliphatic rings. The highest BCUT2D eigenvalue weighted by molar-refractivity contribution is 9.18. The summed E-state index contributed by atoms with van der Waals surface area (Å²) in [4.78, 5) is 31.8. The summed E-state index contributed by atoms with van der Waals surface area (Å²) in [6.45, 7) is 3.97. The Labute approximate surface area is 167 Å². The zero-order valence-corrected chi connectivity index (χ0v) is 16.8. The van der Waals surface area contributed by atoms with E-state index in [1.165, 1.54) is 5.01 Å². The third kappa shape index (κ3) is 3.11. The number of fused-ring (bicyclic) bond motifs is 2. The Morgan fingerprint density at radius 1 is 1.14 bits per heavy atom. The molecule has 2 heterocycles. The number of anilines is 1. The van der Waals surface area contributed by atoms with E-state index < -0.39 is 18.1 Å². The van der Waals surface area contributed by atoms with Crippen molar-refractivity contribution in [3.63, 3.8) is 0 Å². The summed E-state index contributed by atoms with van der Waals surface area (Å²) in [5.74, 6) is -2.31. The first-order chi connectivity index (χ1) is 13.2. The molecule has 0 atom stereocenters. The minimum atomic E-state index is -2.42. The molecule has 11 heteroatoms. The molecule has 0 bridgehead atoms. The van der Waals surface area contributed by atoms with Gasteiger partial charge in [-0.2, -0.15) is 5.10 Å². The average Bonchev–Trinajstić information content (AvgIpc) is 2.63. The molecule has 1 aliphatic heterocycles. The standard InChI is InChI=1S/C17H17BrN4O6/c1-4-8-6-7-10-11(9(8)5-2)20-12-13(19-10)22(3)21-14(18)17(12,27-15(23)24)28-16(25)26/h6-7H,4-5H2,1-3H3,(H,23,24)(H,25,26). The Hall–Kier alpha value is -2.95. The van der Waals surface area contributed by atoms with E-state index in [2.05, 4.69) is 31.0 Å². The van der Waals surface area contributed by atoms with Crippen LogP contribution in [0.15, 0.2) is 17.2 Å². The smallest absolute Gasteiger partial charge is 0.450 e. The minimum Gasteiger partial charge on any atom is -0.450 e. The number of hydrogen-bond acceptors (Lipinski definition) is 8. The van der Waals surface area contributed by atoms with Crippen LogP contribution in [-0.2, 0) is 28.1 Å². The number of aromatic nitrogens is 2. The van der Waals surface area contributed by atoms with Crippen LogP contribution in [-0.4, -0.2) is 44.2 Å². The summed E-state index contributed by atoms with van der Waals surface area (Å²) in [6, 6.07) is 3.76. The van der Waals surface area contributed by atoms with E-state index in [1.54, 1.807) is 13.1 Å². The van der Waals surface area contributed by atoms with Crippen LogP contribution in [0.1, 0.15) is 30.7 Å². The van der Waals surface area contributed by atoms with E-state index in [0.717, 1.165) is 17.5 Å². The molecule has 10 nitrogen and oxygen atoms in total. The van der Waals surface area contributed by atoms with E-state index in [0.29, 0.717) is 17.5 Å². The summed E-state index contributed by atoms with van der Waals surface area (Å²) >= 11 is 3.07. The predicted molar refractivity (Wildman–Crippen MR) is 103 cm³/mol. The second kappa shape index (κ2) is 7.23. The molecule has 1 aromatic heterocycles. The Morgan fingerprint density at radius 2 is 1.79 bits per heavy atom. The van der Waals surface area contributed by atoms with Crippen LogP contribution >= 0.6 is 15.9 Å². The van der Waals surface area contributed by atoms with Gasteiger partial charge in [-0.3, -0.25) is 0 Å². The van der Waals surface area contributed by atoms with Crippen LogP contribution in [0.2, 0.25) is 0 Å². The SMILES string of the molecule is CCc1ccc2nc3c(nc2c1CC)C(OC(=O)O)(OC(=O)O)C(Br)=NN3C. The molecule has 0 saturated carbocycles. The molecule has 0 unspecified atom stereocenters. The Bertz CT molecular complexity index is 993. The largest absolute Gasteiger partial charge is 0.509 e. The number of benzene rings is 1. The maximum Gasteiger partial charge on any atom is 0.509 e. The Kier molecular flexibility index (Phi) is 5.11. The van der Waals surface area contributed by atoms with Gasteiger partial charge < -0.3 is 19.7 Å². The second-order valence-electron chi connectivity index (χ2n) is 5.94. The molecule has 1 aromatic carbocycles. The van der Waals surface area contributed by atoms with Gasteiger partial charge >= 0.3 is 18.1 Å². The van der Waals surface area contributed by atoms with Crippen molar-refractivity contribution in [1.29, 1.82) is 0 Å². The summed E-state index contributed by atoms with van der Waals surface area (Å²) in [6.07, 6.45) is -2.09. The number of nitrogens with zero attached hydrogens (tertiary/aromatic N) is 4. The van der Waals surface area contributed by atoms with E-state index in [-0.39, 0.29) is 16.1 Å². The lowest BCUT2D eigenvalue weighted by atomic mass is 10.0. The second-order valence-corrected chi connectivity index (χ2v) is 6.69. The van der Waals surface area contributed by atoms with Crippen molar-refractivity contribution in [1.82, 2.24) is 9.97 Å².